The summed E-state index contributed by atoms with van der Waals surface area (Å²) in [7, 11) is 0. The minimum atomic E-state index is -4.52. The van der Waals surface area contributed by atoms with E-state index in [1.165, 1.54) is 12.1 Å². The van der Waals surface area contributed by atoms with Gasteiger partial charge in [-0.15, -0.1) is 0 Å². The van der Waals surface area contributed by atoms with Crippen molar-refractivity contribution in [2.24, 2.45) is 0 Å². The predicted molar refractivity (Wildman–Crippen MR) is 85.4 cm³/mol. The molecule has 0 fully saturated rings. The quantitative estimate of drug-likeness (QED) is 0.606. The summed E-state index contributed by atoms with van der Waals surface area (Å²) in [4.78, 5) is 0. The van der Waals surface area contributed by atoms with Gasteiger partial charge < -0.3 is 10.4 Å². The van der Waals surface area contributed by atoms with E-state index in [2.05, 4.69) is 10.4 Å². The molecule has 0 aliphatic rings. The van der Waals surface area contributed by atoms with Crippen molar-refractivity contribution in [1.29, 1.82) is 0 Å². The Morgan fingerprint density at radius 2 is 1.67 bits per heavy atom. The van der Waals surface area contributed by atoms with Gasteiger partial charge in [0.25, 0.3) is 0 Å². The van der Waals surface area contributed by atoms with Gasteiger partial charge in [-0.25, -0.2) is 0 Å². The van der Waals surface area contributed by atoms with Crippen LogP contribution >= 0.6 is 11.6 Å². The zero-order chi connectivity index (χ0) is 17.3. The van der Waals surface area contributed by atoms with E-state index in [0.29, 0.717) is 10.7 Å². The van der Waals surface area contributed by atoms with Gasteiger partial charge in [-0.05, 0) is 42.5 Å². The van der Waals surface area contributed by atoms with Crippen LogP contribution in [0.25, 0.3) is 11.3 Å². The number of nitrogens with zero attached hydrogens (tertiary/aromatic N) is 1. The fourth-order valence-corrected chi connectivity index (χ4v) is 2.26. The summed E-state index contributed by atoms with van der Waals surface area (Å²) in [6.45, 7) is 0. The Bertz CT molecular complexity index is 860. The molecule has 4 nitrogen and oxygen atoms in total. The summed E-state index contributed by atoms with van der Waals surface area (Å²) < 4.78 is 37.8. The number of halogens is 4. The zero-order valence-electron chi connectivity index (χ0n) is 12.0. The second-order valence-electron chi connectivity index (χ2n) is 5.03. The topological polar surface area (TPSA) is 60.9 Å². The lowest BCUT2D eigenvalue weighted by Gasteiger charge is -2.09. The van der Waals surface area contributed by atoms with Crippen LogP contribution in [0.3, 0.4) is 0 Å². The van der Waals surface area contributed by atoms with E-state index in [1.54, 1.807) is 30.3 Å². The summed E-state index contributed by atoms with van der Waals surface area (Å²) in [6.07, 6.45) is -4.52. The Kier molecular flexibility index (Phi) is 4.11. The van der Waals surface area contributed by atoms with Crippen LogP contribution in [0, 0.1) is 0 Å². The molecular formula is C16H11ClF3N3O. The molecule has 1 heterocycles. The molecule has 2 aromatic carbocycles. The Morgan fingerprint density at radius 1 is 1.00 bits per heavy atom. The van der Waals surface area contributed by atoms with E-state index in [0.717, 1.165) is 11.8 Å². The summed E-state index contributed by atoms with van der Waals surface area (Å²) in [6, 6.07) is 12.3. The minimum absolute atomic E-state index is 0.0119. The number of anilines is 2. The lowest BCUT2D eigenvalue weighted by atomic mass is 10.1. The molecule has 0 unspecified atom stereocenters. The SMILES string of the molecule is Oc1cc(Nc2ccc(Cl)cc2)ccc1-c1cc(C(F)(F)F)[nH]n1. The highest BCUT2D eigenvalue weighted by molar-refractivity contribution is 6.30. The molecule has 0 spiro atoms. The third-order valence-electron chi connectivity index (χ3n) is 3.29. The van der Waals surface area contributed by atoms with Crippen molar-refractivity contribution in [3.8, 4) is 17.0 Å². The Labute approximate surface area is 139 Å². The van der Waals surface area contributed by atoms with E-state index in [9.17, 15) is 18.3 Å². The van der Waals surface area contributed by atoms with Gasteiger partial charge >= 0.3 is 6.18 Å². The molecule has 3 rings (SSSR count). The molecule has 0 saturated heterocycles. The highest BCUT2D eigenvalue weighted by atomic mass is 35.5. The van der Waals surface area contributed by atoms with Crippen LogP contribution in [0.1, 0.15) is 5.69 Å². The number of aromatic hydroxyl groups is 1. The Morgan fingerprint density at radius 3 is 2.25 bits per heavy atom. The Hall–Kier alpha value is -2.67. The van der Waals surface area contributed by atoms with Crippen molar-refractivity contribution in [2.45, 2.75) is 6.18 Å². The van der Waals surface area contributed by atoms with Gasteiger partial charge in [0.05, 0.1) is 5.69 Å². The van der Waals surface area contributed by atoms with Crippen molar-refractivity contribution in [2.75, 3.05) is 5.32 Å². The lowest BCUT2D eigenvalue weighted by Crippen LogP contribution is -2.04. The predicted octanol–water partition coefficient (Wildman–Crippen LogP) is 5.20. The lowest BCUT2D eigenvalue weighted by molar-refractivity contribution is -0.141. The zero-order valence-corrected chi connectivity index (χ0v) is 12.8. The molecule has 0 radical (unpaired) electrons. The number of aromatic amines is 1. The van der Waals surface area contributed by atoms with Crippen molar-refractivity contribution >= 4 is 23.0 Å². The van der Waals surface area contributed by atoms with Gasteiger partial charge in [0.2, 0.25) is 0 Å². The summed E-state index contributed by atoms with van der Waals surface area (Å²) in [5, 5.41) is 19.2. The van der Waals surface area contributed by atoms with Gasteiger partial charge in [0.1, 0.15) is 11.4 Å². The maximum absolute atomic E-state index is 12.6. The van der Waals surface area contributed by atoms with Crippen LogP contribution in [0.4, 0.5) is 24.5 Å². The van der Waals surface area contributed by atoms with E-state index in [4.69, 9.17) is 11.6 Å². The Balaban J connectivity index is 1.84. The molecule has 24 heavy (non-hydrogen) atoms. The van der Waals surface area contributed by atoms with Gasteiger partial charge in [0.15, 0.2) is 0 Å². The van der Waals surface area contributed by atoms with E-state index in [-0.39, 0.29) is 17.0 Å². The average molecular weight is 354 g/mol. The highest BCUT2D eigenvalue weighted by Gasteiger charge is 2.33. The molecule has 0 atom stereocenters. The number of H-pyrrole nitrogens is 1. The normalized spacial score (nSPS) is 11.5. The summed E-state index contributed by atoms with van der Waals surface area (Å²) >= 11 is 5.80. The first-order valence-corrected chi connectivity index (χ1v) is 7.19. The fraction of sp³-hybridized carbons (Fsp3) is 0.0625. The van der Waals surface area contributed by atoms with Crippen LogP contribution in [-0.4, -0.2) is 15.3 Å². The van der Waals surface area contributed by atoms with Crippen molar-refractivity contribution in [3.05, 3.63) is 59.2 Å². The minimum Gasteiger partial charge on any atom is -0.507 e. The van der Waals surface area contributed by atoms with Gasteiger partial charge in [-0.3, -0.25) is 5.10 Å². The second-order valence-corrected chi connectivity index (χ2v) is 5.46. The molecule has 0 aliphatic heterocycles. The van der Waals surface area contributed by atoms with E-state index < -0.39 is 11.9 Å². The molecule has 8 heteroatoms. The number of benzene rings is 2. The van der Waals surface area contributed by atoms with Crippen LogP contribution in [0.5, 0.6) is 5.75 Å². The molecular weight excluding hydrogens is 343 g/mol. The van der Waals surface area contributed by atoms with Gasteiger partial charge in [0, 0.05) is 28.0 Å². The third kappa shape index (κ3) is 3.46. The number of nitrogens with one attached hydrogen (secondary N) is 2. The standard InChI is InChI=1S/C16H11ClF3N3O/c17-9-1-3-10(4-2-9)21-11-5-6-12(14(24)7-11)13-8-15(23-22-13)16(18,19)20/h1-8,21,24H,(H,22,23). The fourth-order valence-electron chi connectivity index (χ4n) is 2.13. The average Bonchev–Trinajstić information content (AvgIpc) is 2.99. The van der Waals surface area contributed by atoms with Gasteiger partial charge in [-0.2, -0.15) is 18.3 Å². The van der Waals surface area contributed by atoms with Gasteiger partial charge in [-0.1, -0.05) is 11.6 Å². The molecule has 3 N–H and O–H groups in total. The van der Waals surface area contributed by atoms with Crippen LogP contribution in [0.15, 0.2) is 48.5 Å². The largest absolute Gasteiger partial charge is 0.507 e. The molecule has 3 aromatic rings. The monoisotopic (exact) mass is 353 g/mol. The van der Waals surface area contributed by atoms with Crippen LogP contribution in [-0.2, 0) is 6.18 Å². The first kappa shape index (κ1) is 16.2. The molecule has 0 aliphatic carbocycles. The second kappa shape index (κ2) is 6.09. The highest BCUT2D eigenvalue weighted by Crippen LogP contribution is 2.35. The number of alkyl halides is 3. The summed E-state index contributed by atoms with van der Waals surface area (Å²) in [5.74, 6) is -0.186. The molecule has 124 valence electrons. The maximum Gasteiger partial charge on any atom is 0.432 e. The van der Waals surface area contributed by atoms with Crippen molar-refractivity contribution in [1.82, 2.24) is 10.2 Å². The van der Waals surface area contributed by atoms with E-state index >= 15 is 0 Å². The number of hydrogen-bond donors (Lipinski definition) is 3. The number of phenols is 1. The first-order valence-electron chi connectivity index (χ1n) is 6.81. The smallest absolute Gasteiger partial charge is 0.432 e. The molecule has 0 bridgehead atoms. The molecule has 0 saturated carbocycles. The molecule has 0 amide bonds. The number of rotatable bonds is 3. The number of aromatic nitrogens is 2. The first-order chi connectivity index (χ1) is 11.3. The van der Waals surface area contributed by atoms with Crippen molar-refractivity contribution in [3.63, 3.8) is 0 Å². The van der Waals surface area contributed by atoms with Crippen LogP contribution in [0.2, 0.25) is 5.02 Å². The number of phenolic OH excluding ortho intramolecular Hbond substituents is 1. The number of hydrogen-bond acceptors (Lipinski definition) is 3. The third-order valence-corrected chi connectivity index (χ3v) is 3.54. The van der Waals surface area contributed by atoms with E-state index in [1.807, 2.05) is 5.10 Å². The summed E-state index contributed by atoms with van der Waals surface area (Å²) in [5.41, 5.74) is 0.567. The van der Waals surface area contributed by atoms with Crippen molar-refractivity contribution < 1.29 is 18.3 Å². The maximum atomic E-state index is 12.6. The molecule has 1 aromatic heterocycles. The van der Waals surface area contributed by atoms with Crippen LogP contribution < -0.4 is 5.32 Å².